The molecule has 0 aliphatic carbocycles. The van der Waals surface area contributed by atoms with Crippen LogP contribution in [-0.2, 0) is 9.63 Å². The maximum absolute atomic E-state index is 12.4. The Morgan fingerprint density at radius 1 is 1.08 bits per heavy atom. The van der Waals surface area contributed by atoms with E-state index in [9.17, 15) is 4.79 Å². The quantitative estimate of drug-likeness (QED) is 0.456. The first-order chi connectivity index (χ1) is 18.6. The third-order valence-corrected chi connectivity index (χ3v) is 6.99. The van der Waals surface area contributed by atoms with Gasteiger partial charge in [0.15, 0.2) is 5.82 Å². The number of anilines is 5. The topological polar surface area (TPSA) is 95.1 Å². The summed E-state index contributed by atoms with van der Waals surface area (Å²) in [6.45, 7) is 6.11. The number of carbonyl (C=O) groups excluding carboxylic acids is 1. The number of hydroxylamine groups is 1. The third-order valence-electron chi connectivity index (χ3n) is 6.99. The summed E-state index contributed by atoms with van der Waals surface area (Å²) in [5.74, 6) is 1.88. The van der Waals surface area contributed by atoms with Crippen LogP contribution in [0.2, 0.25) is 0 Å². The Hall–Kier alpha value is -3.89. The summed E-state index contributed by atoms with van der Waals surface area (Å²) in [6.07, 6.45) is 2.79. The van der Waals surface area contributed by atoms with E-state index in [-0.39, 0.29) is 11.9 Å². The monoisotopic (exact) mass is 517 g/mol. The lowest BCUT2D eigenvalue weighted by Crippen LogP contribution is -2.44. The smallest absolute Gasteiger partial charge is 0.224 e. The molecule has 2 fully saturated rings. The summed E-state index contributed by atoms with van der Waals surface area (Å²) in [5, 5.41) is 8.30. The van der Waals surface area contributed by atoms with Crippen molar-refractivity contribution < 1.29 is 14.4 Å². The molecule has 200 valence electrons. The second-order valence-corrected chi connectivity index (χ2v) is 9.52. The number of hydrogen-bond donors (Lipinski definition) is 2. The number of piperazine rings is 1. The van der Waals surface area contributed by atoms with Crippen molar-refractivity contribution in [2.75, 3.05) is 67.5 Å². The van der Waals surface area contributed by atoms with Crippen LogP contribution in [0.25, 0.3) is 0 Å². The van der Waals surface area contributed by atoms with Gasteiger partial charge in [0.25, 0.3) is 0 Å². The molecule has 0 saturated carbocycles. The molecular weight excluding hydrogens is 482 g/mol. The number of likely N-dealkylation sites (N-methyl/N-ethyl adjacent to an activating group) is 1. The molecule has 0 radical (unpaired) electrons. The Kier molecular flexibility index (Phi) is 7.90. The fourth-order valence-corrected chi connectivity index (χ4v) is 4.83. The van der Waals surface area contributed by atoms with E-state index >= 15 is 0 Å². The number of benzene rings is 2. The fourth-order valence-electron chi connectivity index (χ4n) is 4.83. The van der Waals surface area contributed by atoms with Crippen LogP contribution in [0.15, 0.2) is 54.9 Å². The molecular formula is C28H35N7O3. The molecule has 5 rings (SSSR count). The standard InChI is InChI=1S/C28H35N7O3/c1-4-28(36)32-21-16-22(25(37-3)17-24(21)34-13-11-33(2)12-14-34)31-26-18-27(30-19-29-26)35-23(10-15-38-35)20-8-6-5-7-9-20/h5-9,16-19,23H,4,10-15H2,1-3H3,(H,32,36)(H,29,30,31). The van der Waals surface area contributed by atoms with E-state index in [0.717, 1.165) is 44.0 Å². The molecule has 2 aliphatic heterocycles. The van der Waals surface area contributed by atoms with Gasteiger partial charge < -0.3 is 25.2 Å². The summed E-state index contributed by atoms with van der Waals surface area (Å²) in [4.78, 5) is 31.9. The number of nitrogens with one attached hydrogen (secondary N) is 2. The van der Waals surface area contributed by atoms with Crippen molar-refractivity contribution in [2.45, 2.75) is 25.8 Å². The first kappa shape index (κ1) is 25.7. The highest BCUT2D eigenvalue weighted by molar-refractivity contribution is 5.96. The first-order valence-corrected chi connectivity index (χ1v) is 13.1. The summed E-state index contributed by atoms with van der Waals surface area (Å²) in [5.41, 5.74) is 3.56. The molecule has 2 aromatic carbocycles. The van der Waals surface area contributed by atoms with Crippen molar-refractivity contribution >= 4 is 34.6 Å². The summed E-state index contributed by atoms with van der Waals surface area (Å²) in [6, 6.07) is 16.1. The van der Waals surface area contributed by atoms with Gasteiger partial charge in [0.05, 0.1) is 36.8 Å². The molecule has 3 aromatic rings. The molecule has 1 aromatic heterocycles. The minimum absolute atomic E-state index is 0.0426. The highest BCUT2D eigenvalue weighted by atomic mass is 16.7. The zero-order valence-corrected chi connectivity index (χ0v) is 22.2. The molecule has 10 heteroatoms. The van der Waals surface area contributed by atoms with Crippen molar-refractivity contribution in [3.05, 3.63) is 60.4 Å². The molecule has 2 saturated heterocycles. The molecule has 2 N–H and O–H groups in total. The Labute approximate surface area is 223 Å². The Bertz CT molecular complexity index is 1250. The first-order valence-electron chi connectivity index (χ1n) is 13.1. The summed E-state index contributed by atoms with van der Waals surface area (Å²) < 4.78 is 5.77. The summed E-state index contributed by atoms with van der Waals surface area (Å²) >= 11 is 0. The predicted molar refractivity (Wildman–Crippen MR) is 149 cm³/mol. The van der Waals surface area contributed by atoms with E-state index in [4.69, 9.17) is 9.57 Å². The van der Waals surface area contributed by atoms with Gasteiger partial charge in [0, 0.05) is 51.2 Å². The van der Waals surface area contributed by atoms with E-state index in [0.29, 0.717) is 36.1 Å². The van der Waals surface area contributed by atoms with Gasteiger partial charge in [-0.2, -0.15) is 0 Å². The normalized spacial score (nSPS) is 17.9. The molecule has 1 atom stereocenters. The SMILES string of the molecule is CCC(=O)Nc1cc(Nc2cc(N3OCCC3c3ccccc3)ncn2)c(OC)cc1N1CCN(C)CC1. The molecule has 38 heavy (non-hydrogen) atoms. The lowest BCUT2D eigenvalue weighted by molar-refractivity contribution is -0.115. The van der Waals surface area contributed by atoms with Gasteiger partial charge >= 0.3 is 0 Å². The van der Waals surface area contributed by atoms with Crippen LogP contribution in [0.5, 0.6) is 5.75 Å². The Morgan fingerprint density at radius 2 is 1.87 bits per heavy atom. The van der Waals surface area contributed by atoms with Crippen LogP contribution in [0, 0.1) is 0 Å². The second-order valence-electron chi connectivity index (χ2n) is 9.52. The Morgan fingerprint density at radius 3 is 2.61 bits per heavy atom. The number of amides is 1. The molecule has 0 bridgehead atoms. The van der Waals surface area contributed by atoms with Crippen molar-refractivity contribution in [2.24, 2.45) is 0 Å². The van der Waals surface area contributed by atoms with Crippen molar-refractivity contribution in [1.29, 1.82) is 0 Å². The number of carbonyl (C=O) groups is 1. The van der Waals surface area contributed by atoms with E-state index < -0.39 is 0 Å². The third kappa shape index (κ3) is 5.66. The van der Waals surface area contributed by atoms with Crippen LogP contribution in [-0.4, -0.2) is 67.7 Å². The van der Waals surface area contributed by atoms with E-state index in [1.165, 1.54) is 11.9 Å². The highest BCUT2D eigenvalue weighted by Gasteiger charge is 2.29. The van der Waals surface area contributed by atoms with Gasteiger partial charge in [-0.15, -0.1) is 0 Å². The zero-order valence-electron chi connectivity index (χ0n) is 22.2. The molecule has 1 amide bonds. The van der Waals surface area contributed by atoms with Crippen LogP contribution < -0.4 is 25.3 Å². The highest BCUT2D eigenvalue weighted by Crippen LogP contribution is 2.40. The average molecular weight is 518 g/mol. The van der Waals surface area contributed by atoms with Crippen molar-refractivity contribution in [3.63, 3.8) is 0 Å². The lowest BCUT2D eigenvalue weighted by atomic mass is 10.0. The van der Waals surface area contributed by atoms with Gasteiger partial charge in [-0.25, -0.2) is 15.0 Å². The Balaban J connectivity index is 1.43. The molecule has 3 heterocycles. The number of hydrogen-bond acceptors (Lipinski definition) is 9. The number of nitrogens with zero attached hydrogens (tertiary/aromatic N) is 5. The van der Waals surface area contributed by atoms with Crippen molar-refractivity contribution in [3.8, 4) is 5.75 Å². The minimum atomic E-state index is -0.0426. The van der Waals surface area contributed by atoms with Crippen LogP contribution in [0.4, 0.5) is 28.7 Å². The maximum Gasteiger partial charge on any atom is 0.224 e. The zero-order chi connectivity index (χ0) is 26.5. The molecule has 0 spiro atoms. The number of aromatic nitrogens is 2. The lowest BCUT2D eigenvalue weighted by Gasteiger charge is -2.35. The minimum Gasteiger partial charge on any atom is -0.494 e. The predicted octanol–water partition coefficient (Wildman–Crippen LogP) is 4.21. The van der Waals surface area contributed by atoms with Crippen LogP contribution >= 0.6 is 0 Å². The number of ether oxygens (including phenoxy) is 1. The van der Waals surface area contributed by atoms with Gasteiger partial charge in [-0.3, -0.25) is 9.63 Å². The van der Waals surface area contributed by atoms with Gasteiger partial charge in [0.1, 0.15) is 17.9 Å². The average Bonchev–Trinajstić information content (AvgIpc) is 3.45. The number of methoxy groups -OCH3 is 1. The molecule has 1 unspecified atom stereocenters. The maximum atomic E-state index is 12.4. The van der Waals surface area contributed by atoms with E-state index in [1.807, 2.05) is 48.4 Å². The fraction of sp³-hybridized carbons (Fsp3) is 0.393. The van der Waals surface area contributed by atoms with Crippen molar-refractivity contribution in [1.82, 2.24) is 14.9 Å². The van der Waals surface area contributed by atoms with Crippen LogP contribution in [0.3, 0.4) is 0 Å². The van der Waals surface area contributed by atoms with Crippen LogP contribution in [0.1, 0.15) is 31.4 Å². The number of rotatable bonds is 8. The molecule has 2 aliphatic rings. The summed E-state index contributed by atoms with van der Waals surface area (Å²) in [7, 11) is 3.77. The largest absolute Gasteiger partial charge is 0.494 e. The van der Waals surface area contributed by atoms with Gasteiger partial charge in [-0.05, 0) is 18.7 Å². The molecule has 10 nitrogen and oxygen atoms in total. The van der Waals surface area contributed by atoms with E-state index in [1.54, 1.807) is 7.11 Å². The van der Waals surface area contributed by atoms with Gasteiger partial charge in [-0.1, -0.05) is 37.3 Å². The van der Waals surface area contributed by atoms with Gasteiger partial charge in [0.2, 0.25) is 5.91 Å². The van der Waals surface area contributed by atoms with E-state index in [2.05, 4.69) is 49.6 Å². The second kappa shape index (κ2) is 11.7.